The summed E-state index contributed by atoms with van der Waals surface area (Å²) in [4.78, 5) is 3.93. The van der Waals surface area contributed by atoms with E-state index >= 15 is 0 Å². The van der Waals surface area contributed by atoms with E-state index in [-0.39, 0.29) is 5.92 Å². The Morgan fingerprint density at radius 2 is 2.14 bits per heavy atom. The highest BCUT2D eigenvalue weighted by Gasteiger charge is 2.18. The molecule has 78 valence electrons. The maximum absolute atomic E-state index is 9.83. The lowest BCUT2D eigenvalue weighted by Gasteiger charge is -2.16. The standard InChI is InChI=1S/C10H14ClNO2/c1-6(2)9(13)7-4-5-12-10(14-3)8(7)11/h4-6,9,13H,1-3H3. The second-order valence-electron chi connectivity index (χ2n) is 3.41. The molecule has 14 heavy (non-hydrogen) atoms. The maximum Gasteiger partial charge on any atom is 0.232 e. The van der Waals surface area contributed by atoms with Crippen LogP contribution in [0.1, 0.15) is 25.5 Å². The molecule has 1 atom stereocenters. The Morgan fingerprint density at radius 1 is 1.50 bits per heavy atom. The highest BCUT2D eigenvalue weighted by atomic mass is 35.5. The first-order valence-electron chi connectivity index (χ1n) is 4.44. The lowest BCUT2D eigenvalue weighted by atomic mass is 10.0. The van der Waals surface area contributed by atoms with E-state index in [2.05, 4.69) is 4.98 Å². The molecule has 1 unspecified atom stereocenters. The Balaban J connectivity index is 3.09. The van der Waals surface area contributed by atoms with Gasteiger partial charge in [-0.25, -0.2) is 4.98 Å². The molecule has 1 N–H and O–H groups in total. The minimum Gasteiger partial charge on any atom is -0.480 e. The number of hydrogen-bond donors (Lipinski definition) is 1. The van der Waals surface area contributed by atoms with E-state index in [9.17, 15) is 5.11 Å². The predicted molar refractivity (Wildman–Crippen MR) is 55.6 cm³/mol. The van der Waals surface area contributed by atoms with Crippen LogP contribution in [0, 0.1) is 5.92 Å². The number of aliphatic hydroxyl groups excluding tert-OH is 1. The van der Waals surface area contributed by atoms with Gasteiger partial charge in [-0.2, -0.15) is 0 Å². The molecule has 1 rings (SSSR count). The number of aromatic nitrogens is 1. The summed E-state index contributed by atoms with van der Waals surface area (Å²) < 4.78 is 4.96. The summed E-state index contributed by atoms with van der Waals surface area (Å²) in [5.41, 5.74) is 0.661. The predicted octanol–water partition coefficient (Wildman–Crippen LogP) is 2.43. The Labute approximate surface area is 88.7 Å². The summed E-state index contributed by atoms with van der Waals surface area (Å²) in [5, 5.41) is 10.2. The van der Waals surface area contributed by atoms with Crippen LogP contribution < -0.4 is 4.74 Å². The van der Waals surface area contributed by atoms with Crippen molar-refractivity contribution in [1.82, 2.24) is 4.98 Å². The van der Waals surface area contributed by atoms with Gasteiger partial charge in [0.05, 0.1) is 13.2 Å². The van der Waals surface area contributed by atoms with Crippen LogP contribution in [0.25, 0.3) is 0 Å². The van der Waals surface area contributed by atoms with Crippen LogP contribution in [0.5, 0.6) is 5.88 Å². The Bertz CT molecular complexity index is 315. The van der Waals surface area contributed by atoms with Gasteiger partial charge in [-0.05, 0) is 12.0 Å². The smallest absolute Gasteiger partial charge is 0.232 e. The van der Waals surface area contributed by atoms with Crippen molar-refractivity contribution >= 4 is 11.6 Å². The normalized spacial score (nSPS) is 13.0. The molecule has 4 heteroatoms. The zero-order chi connectivity index (χ0) is 10.7. The molecule has 0 aliphatic rings. The molecule has 1 heterocycles. The van der Waals surface area contributed by atoms with E-state index in [0.29, 0.717) is 16.5 Å². The number of methoxy groups -OCH3 is 1. The molecular weight excluding hydrogens is 202 g/mol. The zero-order valence-electron chi connectivity index (χ0n) is 8.49. The van der Waals surface area contributed by atoms with E-state index in [1.165, 1.54) is 7.11 Å². The zero-order valence-corrected chi connectivity index (χ0v) is 9.25. The molecule has 0 aliphatic carbocycles. The number of ether oxygens (including phenoxy) is 1. The molecule has 1 aromatic heterocycles. The molecule has 0 aliphatic heterocycles. The third-order valence-corrected chi connectivity index (χ3v) is 2.41. The van der Waals surface area contributed by atoms with Crippen molar-refractivity contribution in [3.8, 4) is 5.88 Å². The molecule has 0 bridgehead atoms. The number of hydrogen-bond acceptors (Lipinski definition) is 3. The van der Waals surface area contributed by atoms with Crippen LogP contribution in [0.15, 0.2) is 12.3 Å². The van der Waals surface area contributed by atoms with Crippen molar-refractivity contribution in [3.63, 3.8) is 0 Å². The van der Waals surface area contributed by atoms with Gasteiger partial charge in [-0.15, -0.1) is 0 Å². The highest BCUT2D eigenvalue weighted by molar-refractivity contribution is 6.32. The monoisotopic (exact) mass is 215 g/mol. The number of halogens is 1. The molecule has 0 saturated heterocycles. The largest absolute Gasteiger partial charge is 0.480 e. The number of pyridine rings is 1. The topological polar surface area (TPSA) is 42.4 Å². The third kappa shape index (κ3) is 2.16. The molecule has 0 spiro atoms. The van der Waals surface area contributed by atoms with Gasteiger partial charge in [-0.3, -0.25) is 0 Å². The van der Waals surface area contributed by atoms with Crippen molar-refractivity contribution < 1.29 is 9.84 Å². The van der Waals surface area contributed by atoms with E-state index in [4.69, 9.17) is 16.3 Å². The Morgan fingerprint density at radius 3 is 2.64 bits per heavy atom. The van der Waals surface area contributed by atoms with Crippen LogP contribution in [-0.4, -0.2) is 17.2 Å². The highest BCUT2D eigenvalue weighted by Crippen LogP contribution is 2.32. The van der Waals surface area contributed by atoms with Gasteiger partial charge in [0.2, 0.25) is 5.88 Å². The van der Waals surface area contributed by atoms with Crippen molar-refractivity contribution in [2.75, 3.05) is 7.11 Å². The minimum absolute atomic E-state index is 0.111. The minimum atomic E-state index is -0.584. The van der Waals surface area contributed by atoms with Gasteiger partial charge < -0.3 is 9.84 Å². The quantitative estimate of drug-likeness (QED) is 0.842. The summed E-state index contributed by atoms with van der Waals surface area (Å²) in [6.45, 7) is 3.85. The summed E-state index contributed by atoms with van der Waals surface area (Å²) in [5.74, 6) is 0.462. The van der Waals surface area contributed by atoms with E-state index in [1.54, 1.807) is 12.3 Å². The van der Waals surface area contributed by atoms with Gasteiger partial charge in [0.25, 0.3) is 0 Å². The lowest BCUT2D eigenvalue weighted by Crippen LogP contribution is -2.07. The molecular formula is C10H14ClNO2. The van der Waals surface area contributed by atoms with Gasteiger partial charge in [-0.1, -0.05) is 25.4 Å². The van der Waals surface area contributed by atoms with Crippen molar-refractivity contribution in [1.29, 1.82) is 0 Å². The van der Waals surface area contributed by atoms with Crippen LogP contribution >= 0.6 is 11.6 Å². The molecule has 1 aromatic rings. The SMILES string of the molecule is COc1nccc(C(O)C(C)C)c1Cl. The Kier molecular flexibility index (Phi) is 3.72. The average molecular weight is 216 g/mol. The molecule has 0 saturated carbocycles. The molecule has 0 radical (unpaired) electrons. The van der Waals surface area contributed by atoms with Gasteiger partial charge >= 0.3 is 0 Å². The van der Waals surface area contributed by atoms with Crippen molar-refractivity contribution in [2.45, 2.75) is 20.0 Å². The first-order chi connectivity index (χ1) is 6.57. The second kappa shape index (κ2) is 4.62. The average Bonchev–Trinajstić information content (AvgIpc) is 2.17. The van der Waals surface area contributed by atoms with Gasteiger partial charge in [0.15, 0.2) is 0 Å². The van der Waals surface area contributed by atoms with Crippen LogP contribution in [-0.2, 0) is 0 Å². The first-order valence-corrected chi connectivity index (χ1v) is 4.82. The van der Waals surface area contributed by atoms with Crippen LogP contribution in [0.4, 0.5) is 0 Å². The fourth-order valence-electron chi connectivity index (χ4n) is 1.17. The Hall–Kier alpha value is -0.800. The molecule has 0 fully saturated rings. The van der Waals surface area contributed by atoms with E-state index < -0.39 is 6.10 Å². The molecule has 0 amide bonds. The summed E-state index contributed by atoms with van der Waals surface area (Å²) in [7, 11) is 1.50. The van der Waals surface area contributed by atoms with Crippen LogP contribution in [0.2, 0.25) is 5.02 Å². The summed E-state index contributed by atoms with van der Waals surface area (Å²) in [6.07, 6.45) is 0.991. The number of nitrogens with zero attached hydrogens (tertiary/aromatic N) is 1. The van der Waals surface area contributed by atoms with Crippen molar-refractivity contribution in [3.05, 3.63) is 22.8 Å². The lowest BCUT2D eigenvalue weighted by molar-refractivity contribution is 0.126. The fraction of sp³-hybridized carbons (Fsp3) is 0.500. The van der Waals surface area contributed by atoms with E-state index in [0.717, 1.165) is 0 Å². The van der Waals surface area contributed by atoms with Gasteiger partial charge in [0, 0.05) is 11.8 Å². The fourth-order valence-corrected chi connectivity index (χ4v) is 1.47. The summed E-state index contributed by atoms with van der Waals surface area (Å²) >= 11 is 6.00. The maximum atomic E-state index is 9.83. The molecule has 3 nitrogen and oxygen atoms in total. The van der Waals surface area contributed by atoms with Crippen LogP contribution in [0.3, 0.4) is 0 Å². The third-order valence-electron chi connectivity index (χ3n) is 2.03. The molecule has 0 aromatic carbocycles. The van der Waals surface area contributed by atoms with Gasteiger partial charge in [0.1, 0.15) is 5.02 Å². The van der Waals surface area contributed by atoms with E-state index in [1.807, 2.05) is 13.8 Å². The number of aliphatic hydroxyl groups is 1. The number of rotatable bonds is 3. The van der Waals surface area contributed by atoms with Crippen molar-refractivity contribution in [2.24, 2.45) is 5.92 Å². The second-order valence-corrected chi connectivity index (χ2v) is 3.79. The first kappa shape index (κ1) is 11.3. The summed E-state index contributed by atoms with van der Waals surface area (Å²) in [6, 6.07) is 1.70.